The number of nitrogens with zero attached hydrogens (tertiary/aromatic N) is 2. The van der Waals surface area contributed by atoms with Crippen molar-refractivity contribution < 1.29 is 23.1 Å². The van der Waals surface area contributed by atoms with Crippen LogP contribution in [-0.4, -0.2) is 65.8 Å². The zero-order chi connectivity index (χ0) is 17.7. The van der Waals surface area contributed by atoms with E-state index in [1.54, 1.807) is 9.80 Å². The molecule has 0 spiro atoms. The number of hydrogen-bond donors (Lipinski definition) is 1. The average molecular weight is 344 g/mol. The van der Waals surface area contributed by atoms with E-state index >= 15 is 0 Å². The maximum Gasteiger partial charge on any atom is 0.415 e. The van der Waals surface area contributed by atoms with E-state index in [2.05, 4.69) is 0 Å². The predicted molar refractivity (Wildman–Crippen MR) is 84.6 cm³/mol. The fraction of sp³-hybridized carbons (Fsp3) is 0.588. The van der Waals surface area contributed by atoms with Gasteiger partial charge in [0.25, 0.3) is 0 Å². The van der Waals surface area contributed by atoms with E-state index in [4.69, 9.17) is 5.11 Å². The molecule has 0 radical (unpaired) electrons. The minimum Gasteiger partial charge on any atom is -0.382 e. The van der Waals surface area contributed by atoms with Gasteiger partial charge in [-0.1, -0.05) is 37.3 Å². The molecule has 0 saturated carbocycles. The molecule has 1 N–H and O–H groups in total. The molecule has 0 bridgehead atoms. The molecule has 1 aromatic carbocycles. The molecule has 1 heterocycles. The average Bonchev–Trinajstić information content (AvgIpc) is 2.55. The van der Waals surface area contributed by atoms with E-state index in [-0.39, 0.29) is 11.8 Å². The van der Waals surface area contributed by atoms with E-state index in [0.29, 0.717) is 32.6 Å². The molecule has 1 fully saturated rings. The first kappa shape index (κ1) is 18.7. The summed E-state index contributed by atoms with van der Waals surface area (Å²) in [6, 6.07) is 9.75. The molecule has 1 aromatic rings. The molecular weight excluding hydrogens is 321 g/mol. The molecule has 7 heteroatoms. The highest BCUT2D eigenvalue weighted by molar-refractivity contribution is 5.77. The van der Waals surface area contributed by atoms with Crippen molar-refractivity contribution in [3.63, 3.8) is 0 Å². The Hall–Kier alpha value is -1.60. The monoisotopic (exact) mass is 344 g/mol. The van der Waals surface area contributed by atoms with Gasteiger partial charge < -0.3 is 10.0 Å². The summed E-state index contributed by atoms with van der Waals surface area (Å²) in [5.41, 5.74) is 1.10. The third-order valence-corrected chi connectivity index (χ3v) is 4.38. The third-order valence-electron chi connectivity index (χ3n) is 4.38. The minimum absolute atomic E-state index is 0.0161. The van der Waals surface area contributed by atoms with Gasteiger partial charge >= 0.3 is 6.18 Å². The number of halogens is 3. The van der Waals surface area contributed by atoms with Crippen molar-refractivity contribution in [1.82, 2.24) is 9.80 Å². The second kappa shape index (κ2) is 7.98. The number of carbonyl (C=O) groups excluding carboxylic acids is 1. The van der Waals surface area contributed by atoms with E-state index < -0.39 is 18.8 Å². The summed E-state index contributed by atoms with van der Waals surface area (Å²) >= 11 is 0. The van der Waals surface area contributed by atoms with Gasteiger partial charge in [-0.3, -0.25) is 9.69 Å². The molecule has 0 unspecified atom stereocenters. The van der Waals surface area contributed by atoms with Crippen molar-refractivity contribution in [2.75, 3.05) is 32.7 Å². The van der Waals surface area contributed by atoms with E-state index in [0.717, 1.165) is 5.56 Å². The second-order valence-electron chi connectivity index (χ2n) is 6.25. The molecular formula is C17H23F3N2O2. The highest BCUT2D eigenvalue weighted by atomic mass is 19.4. The number of rotatable bonds is 5. The van der Waals surface area contributed by atoms with Gasteiger partial charge in [0, 0.05) is 39.1 Å². The van der Waals surface area contributed by atoms with Crippen LogP contribution in [0.3, 0.4) is 0 Å². The first-order chi connectivity index (χ1) is 11.3. The molecule has 1 aliphatic heterocycles. The topological polar surface area (TPSA) is 43.8 Å². The Balaban J connectivity index is 1.78. The number of aliphatic hydroxyl groups is 1. The van der Waals surface area contributed by atoms with Crippen LogP contribution in [0, 0.1) is 0 Å². The zero-order valence-electron chi connectivity index (χ0n) is 13.7. The summed E-state index contributed by atoms with van der Waals surface area (Å²) in [5, 5.41) is 9.11. The lowest BCUT2D eigenvalue weighted by molar-refractivity contribution is -0.209. The lowest BCUT2D eigenvalue weighted by atomic mass is 9.97. The van der Waals surface area contributed by atoms with Crippen molar-refractivity contribution in [3.8, 4) is 0 Å². The van der Waals surface area contributed by atoms with Crippen LogP contribution in [0.1, 0.15) is 24.8 Å². The Morgan fingerprint density at radius 3 is 2.29 bits per heavy atom. The Labute approximate surface area is 139 Å². The highest BCUT2D eigenvalue weighted by Crippen LogP contribution is 2.22. The van der Waals surface area contributed by atoms with Crippen LogP contribution in [0.15, 0.2) is 30.3 Å². The van der Waals surface area contributed by atoms with Crippen molar-refractivity contribution in [2.45, 2.75) is 31.5 Å². The van der Waals surface area contributed by atoms with E-state index in [1.807, 2.05) is 37.3 Å². The summed E-state index contributed by atoms with van der Waals surface area (Å²) < 4.78 is 37.1. The van der Waals surface area contributed by atoms with Gasteiger partial charge in [-0.25, -0.2) is 0 Å². The lowest BCUT2D eigenvalue weighted by Crippen LogP contribution is -2.52. The Morgan fingerprint density at radius 1 is 1.17 bits per heavy atom. The summed E-state index contributed by atoms with van der Waals surface area (Å²) in [6.07, 6.45) is -6.55. The number of amides is 1. The van der Waals surface area contributed by atoms with Crippen molar-refractivity contribution in [1.29, 1.82) is 0 Å². The van der Waals surface area contributed by atoms with Crippen molar-refractivity contribution in [2.24, 2.45) is 0 Å². The summed E-state index contributed by atoms with van der Waals surface area (Å²) in [7, 11) is 0. The number of piperazine rings is 1. The second-order valence-corrected chi connectivity index (χ2v) is 6.25. The SMILES string of the molecule is C[C@@H](CC(=O)N1CCN(C[C@H](O)C(F)(F)F)CC1)c1ccccc1. The standard InChI is InChI=1S/C17H23F3N2O2/c1-13(14-5-3-2-4-6-14)11-16(24)22-9-7-21(8-10-22)12-15(23)17(18,19)20/h2-6,13,15,23H,7-12H2,1H3/t13-,15-/m0/s1. The highest BCUT2D eigenvalue weighted by Gasteiger charge is 2.39. The molecule has 1 aliphatic rings. The quantitative estimate of drug-likeness (QED) is 0.891. The van der Waals surface area contributed by atoms with Gasteiger partial charge in [0.1, 0.15) is 0 Å². The van der Waals surface area contributed by atoms with Gasteiger partial charge in [0.2, 0.25) is 5.91 Å². The number of β-amino-alcohol motifs (C(OH)–C–C–N with tert-alkyl or cyclic N) is 1. The number of hydrogen-bond acceptors (Lipinski definition) is 3. The third kappa shape index (κ3) is 5.21. The molecule has 134 valence electrons. The van der Waals surface area contributed by atoms with Crippen LogP contribution >= 0.6 is 0 Å². The first-order valence-electron chi connectivity index (χ1n) is 8.07. The zero-order valence-corrected chi connectivity index (χ0v) is 13.7. The van der Waals surface area contributed by atoms with E-state index in [1.165, 1.54) is 0 Å². The molecule has 2 rings (SSSR count). The van der Waals surface area contributed by atoms with Crippen LogP contribution in [-0.2, 0) is 4.79 Å². The van der Waals surface area contributed by atoms with Crippen LogP contribution in [0.25, 0.3) is 0 Å². The smallest absolute Gasteiger partial charge is 0.382 e. The fourth-order valence-electron chi connectivity index (χ4n) is 2.82. The summed E-state index contributed by atoms with van der Waals surface area (Å²) in [4.78, 5) is 15.6. The van der Waals surface area contributed by atoms with Crippen LogP contribution in [0.2, 0.25) is 0 Å². The van der Waals surface area contributed by atoms with E-state index in [9.17, 15) is 18.0 Å². The molecule has 2 atom stereocenters. The number of carbonyl (C=O) groups is 1. The minimum atomic E-state index is -4.60. The summed E-state index contributed by atoms with van der Waals surface area (Å²) in [6.45, 7) is 3.03. The van der Waals surface area contributed by atoms with Gasteiger partial charge in [-0.2, -0.15) is 13.2 Å². The molecule has 0 aliphatic carbocycles. The number of benzene rings is 1. The van der Waals surface area contributed by atoms with Crippen LogP contribution < -0.4 is 0 Å². The van der Waals surface area contributed by atoms with Crippen LogP contribution in [0.4, 0.5) is 13.2 Å². The molecule has 4 nitrogen and oxygen atoms in total. The van der Waals surface area contributed by atoms with Gasteiger partial charge in [0.05, 0.1) is 0 Å². The number of aliphatic hydroxyl groups excluding tert-OH is 1. The normalized spacial score (nSPS) is 19.1. The van der Waals surface area contributed by atoms with Crippen molar-refractivity contribution in [3.05, 3.63) is 35.9 Å². The molecule has 1 amide bonds. The van der Waals surface area contributed by atoms with Gasteiger partial charge in [-0.05, 0) is 11.5 Å². The molecule has 1 saturated heterocycles. The van der Waals surface area contributed by atoms with Gasteiger partial charge in [0.15, 0.2) is 6.10 Å². The Morgan fingerprint density at radius 2 is 1.75 bits per heavy atom. The Kier molecular flexibility index (Phi) is 6.23. The maximum absolute atomic E-state index is 12.4. The van der Waals surface area contributed by atoms with Crippen molar-refractivity contribution >= 4 is 5.91 Å². The maximum atomic E-state index is 12.4. The lowest BCUT2D eigenvalue weighted by Gasteiger charge is -2.36. The Bertz CT molecular complexity index is 528. The summed E-state index contributed by atoms with van der Waals surface area (Å²) in [5.74, 6) is 0.117. The predicted octanol–water partition coefficient (Wildman–Crippen LogP) is 2.25. The first-order valence-corrected chi connectivity index (χ1v) is 8.07. The fourth-order valence-corrected chi connectivity index (χ4v) is 2.82. The van der Waals surface area contributed by atoms with Gasteiger partial charge in [-0.15, -0.1) is 0 Å². The van der Waals surface area contributed by atoms with Crippen LogP contribution in [0.5, 0.6) is 0 Å². The molecule has 0 aromatic heterocycles. The largest absolute Gasteiger partial charge is 0.415 e. The molecule has 24 heavy (non-hydrogen) atoms. The number of alkyl halides is 3.